The van der Waals surface area contributed by atoms with Gasteiger partial charge in [0.2, 0.25) is 0 Å². The summed E-state index contributed by atoms with van der Waals surface area (Å²) in [5.41, 5.74) is 15.2. The summed E-state index contributed by atoms with van der Waals surface area (Å²) in [5, 5.41) is 3.36. The van der Waals surface area contributed by atoms with Gasteiger partial charge in [0.25, 0.3) is 0 Å². The summed E-state index contributed by atoms with van der Waals surface area (Å²) in [7, 11) is 1.30. The Morgan fingerprint density at radius 2 is 2.33 bits per heavy atom. The zero-order valence-corrected chi connectivity index (χ0v) is 9.88. The van der Waals surface area contributed by atoms with Crippen molar-refractivity contribution >= 4 is 11.7 Å². The molecule has 0 aliphatic carbocycles. The molecular weight excluding hydrogens is 232 g/mol. The van der Waals surface area contributed by atoms with Crippen LogP contribution >= 0.6 is 0 Å². The Morgan fingerprint density at radius 1 is 1.56 bits per heavy atom. The maximum Gasteiger partial charge on any atom is 0.337 e. The minimum atomic E-state index is -0.459. The summed E-state index contributed by atoms with van der Waals surface area (Å²) in [6.45, 7) is 0.315. The van der Waals surface area contributed by atoms with E-state index in [4.69, 9.17) is 11.3 Å². The first kappa shape index (κ1) is 13.4. The molecule has 0 radical (unpaired) electrons. The fourth-order valence-electron chi connectivity index (χ4n) is 1.27. The van der Waals surface area contributed by atoms with E-state index < -0.39 is 5.97 Å². The zero-order chi connectivity index (χ0) is 13.4. The average Bonchev–Trinajstić information content (AvgIpc) is 2.37. The topological polar surface area (TPSA) is 101 Å². The van der Waals surface area contributed by atoms with Crippen molar-refractivity contribution < 1.29 is 9.53 Å². The molecule has 0 fully saturated rings. The lowest BCUT2D eigenvalue weighted by molar-refractivity contribution is 0.0600. The highest BCUT2D eigenvalue weighted by Gasteiger charge is 2.06. The molecule has 0 aliphatic heterocycles. The molecule has 1 aromatic carbocycles. The molecule has 0 saturated heterocycles. The van der Waals surface area contributed by atoms with E-state index in [0.717, 1.165) is 0 Å². The highest BCUT2D eigenvalue weighted by molar-refractivity contribution is 5.90. The maximum absolute atomic E-state index is 11.4. The van der Waals surface area contributed by atoms with Gasteiger partial charge >= 0.3 is 5.97 Å². The van der Waals surface area contributed by atoms with Gasteiger partial charge < -0.3 is 10.5 Å². The lowest BCUT2D eigenvalue weighted by Gasteiger charge is -2.01. The molecule has 6 heteroatoms. The van der Waals surface area contributed by atoms with Gasteiger partial charge in [-0.15, -0.1) is 0 Å². The van der Waals surface area contributed by atoms with Gasteiger partial charge in [0.15, 0.2) is 0 Å². The first-order chi connectivity index (χ1) is 8.67. The zero-order valence-electron chi connectivity index (χ0n) is 9.88. The molecule has 6 nitrogen and oxygen atoms in total. The van der Waals surface area contributed by atoms with Gasteiger partial charge in [-0.1, -0.05) is 17.0 Å². The van der Waals surface area contributed by atoms with Crippen molar-refractivity contribution in [2.45, 2.75) is 6.42 Å². The van der Waals surface area contributed by atoms with Crippen molar-refractivity contribution in [1.29, 1.82) is 0 Å². The molecule has 0 spiro atoms. The molecule has 2 N–H and O–H groups in total. The molecule has 1 rings (SSSR count). The largest absolute Gasteiger partial charge is 0.465 e. The molecular formula is C12H12N4O2. The van der Waals surface area contributed by atoms with Gasteiger partial charge in [0.05, 0.1) is 12.7 Å². The molecule has 0 aromatic heterocycles. The summed E-state index contributed by atoms with van der Waals surface area (Å²) < 4.78 is 4.61. The second-order valence-corrected chi connectivity index (χ2v) is 3.34. The highest BCUT2D eigenvalue weighted by atomic mass is 16.5. The van der Waals surface area contributed by atoms with Crippen molar-refractivity contribution in [1.82, 2.24) is 0 Å². The van der Waals surface area contributed by atoms with Crippen molar-refractivity contribution in [2.75, 3.05) is 19.4 Å². The van der Waals surface area contributed by atoms with Crippen LogP contribution in [0.15, 0.2) is 23.3 Å². The summed E-state index contributed by atoms with van der Waals surface area (Å²) in [6, 6.07) is 4.78. The maximum atomic E-state index is 11.4. The first-order valence-corrected chi connectivity index (χ1v) is 5.16. The van der Waals surface area contributed by atoms with E-state index in [1.807, 2.05) is 0 Å². The lowest BCUT2D eigenvalue weighted by Crippen LogP contribution is -2.02. The predicted molar refractivity (Wildman–Crippen MR) is 67.7 cm³/mol. The Morgan fingerprint density at radius 3 is 3.00 bits per heavy atom. The number of benzene rings is 1. The number of anilines is 1. The summed E-state index contributed by atoms with van der Waals surface area (Å²) in [5.74, 6) is 5.21. The van der Waals surface area contributed by atoms with Gasteiger partial charge in [-0.25, -0.2) is 4.79 Å². The highest BCUT2D eigenvalue weighted by Crippen LogP contribution is 2.12. The molecule has 0 bridgehead atoms. The van der Waals surface area contributed by atoms with E-state index in [-0.39, 0.29) is 0 Å². The number of nitrogens with two attached hydrogens (primary N) is 1. The number of carbonyl (C=O) groups is 1. The molecule has 0 heterocycles. The van der Waals surface area contributed by atoms with Crippen molar-refractivity contribution in [3.8, 4) is 11.8 Å². The summed E-state index contributed by atoms with van der Waals surface area (Å²) >= 11 is 0. The van der Waals surface area contributed by atoms with Crippen LogP contribution in [0.25, 0.3) is 10.4 Å². The van der Waals surface area contributed by atoms with Gasteiger partial charge in [0, 0.05) is 29.1 Å². The predicted octanol–water partition coefficient (Wildman–Crippen LogP) is 2.11. The van der Waals surface area contributed by atoms with E-state index in [2.05, 4.69) is 26.6 Å². The van der Waals surface area contributed by atoms with Crippen LogP contribution < -0.4 is 5.73 Å². The monoisotopic (exact) mass is 244 g/mol. The Kier molecular flexibility index (Phi) is 5.10. The number of rotatable bonds is 3. The van der Waals surface area contributed by atoms with Crippen LogP contribution in [0.1, 0.15) is 22.3 Å². The van der Waals surface area contributed by atoms with Crippen LogP contribution in [0, 0.1) is 11.8 Å². The van der Waals surface area contributed by atoms with E-state index in [9.17, 15) is 4.79 Å². The Hall–Kier alpha value is -2.64. The molecule has 0 atom stereocenters. The molecule has 0 aliphatic rings. The Labute approximate surface area is 104 Å². The summed E-state index contributed by atoms with van der Waals surface area (Å²) in [6.07, 6.45) is 0.451. The summed E-state index contributed by atoms with van der Waals surface area (Å²) in [4.78, 5) is 14.0. The number of nitrogens with zero attached hydrogens (tertiary/aromatic N) is 3. The molecule has 18 heavy (non-hydrogen) atoms. The number of hydrogen-bond acceptors (Lipinski definition) is 4. The number of azide groups is 1. The number of carbonyl (C=O) groups excluding carboxylic acids is 1. The Balaban J connectivity index is 2.86. The minimum absolute atomic E-state index is 0.315. The Bertz CT molecular complexity index is 551. The third-order valence-corrected chi connectivity index (χ3v) is 2.01. The van der Waals surface area contributed by atoms with Gasteiger partial charge in [-0.2, -0.15) is 0 Å². The number of nitrogen functional groups attached to an aromatic ring is 1. The lowest BCUT2D eigenvalue weighted by atomic mass is 10.1. The normalized spacial score (nSPS) is 8.72. The van der Waals surface area contributed by atoms with Crippen LogP contribution in [0.2, 0.25) is 0 Å². The molecule has 0 unspecified atom stereocenters. The fourth-order valence-corrected chi connectivity index (χ4v) is 1.27. The number of methoxy groups -OCH3 is 1. The van der Waals surface area contributed by atoms with Crippen LogP contribution in [0.3, 0.4) is 0 Å². The SMILES string of the molecule is COC(=O)c1cc(N)cc(C#CCCN=[N+]=[N-])c1. The standard InChI is InChI=1S/C12H12N4O2/c1-18-12(17)10-6-9(7-11(13)8-10)4-2-3-5-15-16-14/h6-8H,3,5,13H2,1H3. The van der Waals surface area contributed by atoms with Crippen LogP contribution in [0.4, 0.5) is 5.69 Å². The van der Waals surface area contributed by atoms with Gasteiger partial charge in [-0.3, -0.25) is 0 Å². The minimum Gasteiger partial charge on any atom is -0.465 e. The van der Waals surface area contributed by atoms with Crippen molar-refractivity contribution in [2.24, 2.45) is 5.11 Å². The quantitative estimate of drug-likeness (QED) is 0.167. The molecule has 1 aromatic rings. The first-order valence-electron chi connectivity index (χ1n) is 5.16. The second-order valence-electron chi connectivity index (χ2n) is 3.34. The molecule has 0 amide bonds. The van der Waals surface area contributed by atoms with Crippen molar-refractivity contribution in [3.63, 3.8) is 0 Å². The number of hydrogen-bond donors (Lipinski definition) is 1. The number of esters is 1. The van der Waals surface area contributed by atoms with Crippen LogP contribution in [-0.4, -0.2) is 19.6 Å². The second kappa shape index (κ2) is 6.84. The van der Waals surface area contributed by atoms with E-state index in [1.54, 1.807) is 12.1 Å². The third-order valence-electron chi connectivity index (χ3n) is 2.01. The van der Waals surface area contributed by atoms with E-state index >= 15 is 0 Å². The van der Waals surface area contributed by atoms with Crippen LogP contribution in [0.5, 0.6) is 0 Å². The fraction of sp³-hybridized carbons (Fsp3) is 0.250. The van der Waals surface area contributed by atoms with E-state index in [1.165, 1.54) is 13.2 Å². The van der Waals surface area contributed by atoms with Crippen LogP contribution in [-0.2, 0) is 4.74 Å². The third kappa shape index (κ3) is 4.08. The van der Waals surface area contributed by atoms with Gasteiger partial charge in [-0.05, 0) is 23.7 Å². The molecule has 92 valence electrons. The number of ether oxygens (including phenoxy) is 1. The van der Waals surface area contributed by atoms with E-state index in [0.29, 0.717) is 29.8 Å². The average molecular weight is 244 g/mol. The smallest absolute Gasteiger partial charge is 0.337 e. The van der Waals surface area contributed by atoms with Crippen molar-refractivity contribution in [3.05, 3.63) is 39.8 Å². The van der Waals surface area contributed by atoms with Gasteiger partial charge in [0.1, 0.15) is 0 Å². The molecule has 0 saturated carbocycles.